The van der Waals surface area contributed by atoms with Gasteiger partial charge in [-0.25, -0.2) is 0 Å². The quantitative estimate of drug-likeness (QED) is 0.749. The first-order valence-corrected chi connectivity index (χ1v) is 8.85. The fourth-order valence-corrected chi connectivity index (χ4v) is 2.52. The number of methoxy groups -OCH3 is 1. The predicted octanol–water partition coefficient (Wildman–Crippen LogP) is 2.84. The van der Waals surface area contributed by atoms with Crippen LogP contribution in [-0.2, 0) is 11.2 Å². The van der Waals surface area contributed by atoms with Crippen LogP contribution in [0.5, 0.6) is 5.75 Å². The highest BCUT2D eigenvalue weighted by Gasteiger charge is 2.09. The van der Waals surface area contributed by atoms with Crippen LogP contribution in [0.25, 0.3) is 0 Å². The molecule has 2 rings (SSSR count). The van der Waals surface area contributed by atoms with Crippen LogP contribution in [-0.4, -0.2) is 43.0 Å². The van der Waals surface area contributed by atoms with E-state index in [4.69, 9.17) is 17.0 Å². The molecule has 0 bridgehead atoms. The van der Waals surface area contributed by atoms with Crippen molar-refractivity contribution in [2.75, 3.05) is 26.5 Å². The third-order valence-corrected chi connectivity index (χ3v) is 4.12. The molecule has 0 atom stereocenters. The highest BCUT2D eigenvalue weighted by molar-refractivity contribution is 7.80. The number of thiocarbonyl (C=S) groups is 1. The van der Waals surface area contributed by atoms with Gasteiger partial charge >= 0.3 is 0 Å². The summed E-state index contributed by atoms with van der Waals surface area (Å²) in [4.78, 5) is 25.4. The Hall–Kier alpha value is -2.93. The van der Waals surface area contributed by atoms with Gasteiger partial charge in [-0.3, -0.25) is 14.9 Å². The molecular formula is C20H23N3O3S. The summed E-state index contributed by atoms with van der Waals surface area (Å²) in [6.07, 6.45) is 1.14. The van der Waals surface area contributed by atoms with Crippen molar-refractivity contribution in [1.82, 2.24) is 10.2 Å². The van der Waals surface area contributed by atoms with Gasteiger partial charge in [-0.1, -0.05) is 12.1 Å². The first kappa shape index (κ1) is 20.4. The van der Waals surface area contributed by atoms with E-state index >= 15 is 0 Å². The first-order chi connectivity index (χ1) is 12.9. The number of hydrogen-bond acceptors (Lipinski definition) is 4. The number of nitrogens with one attached hydrogen (secondary N) is 2. The van der Waals surface area contributed by atoms with E-state index in [-0.39, 0.29) is 16.9 Å². The molecule has 0 fully saturated rings. The minimum Gasteiger partial charge on any atom is -0.497 e. The number of hydrogen-bond donors (Lipinski definition) is 2. The number of rotatable bonds is 6. The molecule has 0 spiro atoms. The van der Waals surface area contributed by atoms with Gasteiger partial charge in [0.25, 0.3) is 5.91 Å². The van der Waals surface area contributed by atoms with Crippen molar-refractivity contribution in [2.45, 2.75) is 12.8 Å². The zero-order valence-corrected chi connectivity index (χ0v) is 16.4. The molecule has 7 heteroatoms. The summed E-state index contributed by atoms with van der Waals surface area (Å²) < 4.78 is 5.07. The maximum absolute atomic E-state index is 12.2. The monoisotopic (exact) mass is 385 g/mol. The molecule has 0 heterocycles. The summed E-state index contributed by atoms with van der Waals surface area (Å²) in [5.41, 5.74) is 2.31. The molecule has 0 saturated carbocycles. The average Bonchev–Trinajstić information content (AvgIpc) is 2.67. The van der Waals surface area contributed by atoms with Gasteiger partial charge in [0.1, 0.15) is 5.75 Å². The summed E-state index contributed by atoms with van der Waals surface area (Å²) in [7, 11) is 5.06. The van der Waals surface area contributed by atoms with E-state index in [0.29, 0.717) is 24.2 Å². The number of carbonyl (C=O) groups excluding carboxylic acids is 2. The highest BCUT2D eigenvalue weighted by Crippen LogP contribution is 2.13. The summed E-state index contributed by atoms with van der Waals surface area (Å²) in [5, 5.41) is 5.83. The number of nitrogens with zero attached hydrogens (tertiary/aromatic N) is 1. The standard InChI is InChI=1S/C20H23N3O3S/c1-23(2)18(24)13-6-14-4-9-16(10-5-14)21-20(27)22-19(25)15-7-11-17(26-3)12-8-15/h4-5,7-12H,6,13H2,1-3H3,(H2,21,22,25,27). The minimum absolute atomic E-state index is 0.0969. The number of anilines is 1. The molecule has 2 N–H and O–H groups in total. The SMILES string of the molecule is COc1ccc(C(=O)NC(=S)Nc2ccc(CCC(=O)N(C)C)cc2)cc1. The smallest absolute Gasteiger partial charge is 0.257 e. The normalized spacial score (nSPS) is 10.0. The lowest BCUT2D eigenvalue weighted by Gasteiger charge is -2.11. The van der Waals surface area contributed by atoms with E-state index < -0.39 is 0 Å². The number of amides is 2. The largest absolute Gasteiger partial charge is 0.497 e. The van der Waals surface area contributed by atoms with Crippen LogP contribution >= 0.6 is 12.2 Å². The molecule has 0 unspecified atom stereocenters. The Balaban J connectivity index is 1.85. The lowest BCUT2D eigenvalue weighted by Crippen LogP contribution is -2.34. The maximum atomic E-state index is 12.2. The van der Waals surface area contributed by atoms with Crippen molar-refractivity contribution in [2.24, 2.45) is 0 Å². The molecule has 0 saturated heterocycles. The molecule has 0 aliphatic carbocycles. The van der Waals surface area contributed by atoms with Crippen LogP contribution in [0.2, 0.25) is 0 Å². The number of ether oxygens (including phenoxy) is 1. The fourth-order valence-electron chi connectivity index (χ4n) is 2.31. The van der Waals surface area contributed by atoms with Crippen LogP contribution in [0.1, 0.15) is 22.3 Å². The molecule has 2 aromatic carbocycles. The second kappa shape index (κ2) is 9.68. The first-order valence-electron chi connectivity index (χ1n) is 8.44. The Morgan fingerprint density at radius 1 is 1.04 bits per heavy atom. The van der Waals surface area contributed by atoms with Crippen LogP contribution in [0.3, 0.4) is 0 Å². The van der Waals surface area contributed by atoms with E-state index in [1.54, 1.807) is 50.4 Å². The Morgan fingerprint density at radius 2 is 1.67 bits per heavy atom. The van der Waals surface area contributed by atoms with Crippen LogP contribution < -0.4 is 15.4 Å². The van der Waals surface area contributed by atoms with Crippen molar-refractivity contribution in [3.05, 3.63) is 59.7 Å². The number of benzene rings is 2. The van der Waals surface area contributed by atoms with Gasteiger partial charge in [0.15, 0.2) is 5.11 Å². The Kier molecular flexibility index (Phi) is 7.31. The van der Waals surface area contributed by atoms with Crippen LogP contribution in [0.15, 0.2) is 48.5 Å². The molecule has 27 heavy (non-hydrogen) atoms. The van der Waals surface area contributed by atoms with Crippen molar-refractivity contribution < 1.29 is 14.3 Å². The van der Waals surface area contributed by atoms with E-state index in [2.05, 4.69) is 10.6 Å². The zero-order valence-electron chi connectivity index (χ0n) is 15.6. The van der Waals surface area contributed by atoms with Gasteiger partial charge in [0.05, 0.1) is 7.11 Å². The van der Waals surface area contributed by atoms with Crippen LogP contribution in [0.4, 0.5) is 5.69 Å². The van der Waals surface area contributed by atoms with Crippen molar-refractivity contribution >= 4 is 34.8 Å². The molecule has 2 aromatic rings. The van der Waals surface area contributed by atoms with Crippen LogP contribution in [0, 0.1) is 0 Å². The van der Waals surface area contributed by atoms with Crippen molar-refractivity contribution in [3.63, 3.8) is 0 Å². The van der Waals surface area contributed by atoms with Gasteiger partial charge in [-0.2, -0.15) is 0 Å². The van der Waals surface area contributed by atoms with Crippen molar-refractivity contribution in [1.29, 1.82) is 0 Å². The maximum Gasteiger partial charge on any atom is 0.257 e. The summed E-state index contributed by atoms with van der Waals surface area (Å²) in [6.45, 7) is 0. The number of carbonyl (C=O) groups is 2. The second-order valence-electron chi connectivity index (χ2n) is 6.12. The Bertz CT molecular complexity index is 802. The number of aryl methyl sites for hydroxylation is 1. The second-order valence-corrected chi connectivity index (χ2v) is 6.53. The third-order valence-electron chi connectivity index (χ3n) is 3.92. The molecule has 0 aromatic heterocycles. The van der Waals surface area contributed by atoms with E-state index in [1.165, 1.54) is 0 Å². The fraction of sp³-hybridized carbons (Fsp3) is 0.250. The predicted molar refractivity (Wildman–Crippen MR) is 110 cm³/mol. The lowest BCUT2D eigenvalue weighted by atomic mass is 10.1. The lowest BCUT2D eigenvalue weighted by molar-refractivity contribution is -0.128. The third kappa shape index (κ3) is 6.38. The molecule has 0 radical (unpaired) electrons. The molecular weight excluding hydrogens is 362 g/mol. The summed E-state index contributed by atoms with van der Waals surface area (Å²) in [6, 6.07) is 14.3. The topological polar surface area (TPSA) is 70.7 Å². The molecule has 0 aliphatic rings. The van der Waals surface area contributed by atoms with Gasteiger partial charge in [-0.05, 0) is 60.6 Å². The van der Waals surface area contributed by atoms with E-state index in [9.17, 15) is 9.59 Å². The highest BCUT2D eigenvalue weighted by atomic mass is 32.1. The summed E-state index contributed by atoms with van der Waals surface area (Å²) >= 11 is 5.19. The van der Waals surface area contributed by atoms with Gasteiger partial charge in [-0.15, -0.1) is 0 Å². The molecule has 0 aliphatic heterocycles. The van der Waals surface area contributed by atoms with Gasteiger partial charge in [0, 0.05) is 31.8 Å². The zero-order chi connectivity index (χ0) is 19.8. The summed E-state index contributed by atoms with van der Waals surface area (Å²) in [5.74, 6) is 0.480. The van der Waals surface area contributed by atoms with Gasteiger partial charge < -0.3 is 15.0 Å². The Labute approximate surface area is 164 Å². The average molecular weight is 385 g/mol. The molecule has 142 valence electrons. The van der Waals surface area contributed by atoms with Gasteiger partial charge in [0.2, 0.25) is 5.91 Å². The Morgan fingerprint density at radius 3 is 2.22 bits per heavy atom. The molecule has 6 nitrogen and oxygen atoms in total. The van der Waals surface area contributed by atoms with E-state index in [0.717, 1.165) is 11.3 Å². The van der Waals surface area contributed by atoms with Crippen molar-refractivity contribution in [3.8, 4) is 5.75 Å². The van der Waals surface area contributed by atoms with E-state index in [1.807, 2.05) is 24.3 Å². The molecule has 2 amide bonds. The minimum atomic E-state index is -0.297.